The van der Waals surface area contributed by atoms with E-state index in [1.165, 1.54) is 0 Å². The zero-order valence-corrected chi connectivity index (χ0v) is 15.8. The lowest BCUT2D eigenvalue weighted by atomic mass is 10.1. The molecule has 3 rings (SSSR count). The summed E-state index contributed by atoms with van der Waals surface area (Å²) in [5, 5.41) is 0. The first-order valence-corrected chi connectivity index (χ1v) is 9.23. The van der Waals surface area contributed by atoms with Gasteiger partial charge < -0.3 is 9.47 Å². The maximum absolute atomic E-state index is 12.2. The van der Waals surface area contributed by atoms with E-state index in [0.717, 1.165) is 25.2 Å². The molecule has 0 aliphatic carbocycles. The fourth-order valence-corrected chi connectivity index (χ4v) is 3.34. The molecule has 0 radical (unpaired) electrons. The molecule has 142 valence electrons. The number of ether oxygens (including phenoxy) is 2. The average Bonchev–Trinajstić information content (AvgIpc) is 2.66. The van der Waals surface area contributed by atoms with E-state index in [2.05, 4.69) is 18.7 Å². The molecule has 5 nitrogen and oxygen atoms in total. The van der Waals surface area contributed by atoms with Crippen LogP contribution in [-0.2, 0) is 16.0 Å². The van der Waals surface area contributed by atoms with Crippen molar-refractivity contribution in [3.05, 3.63) is 71.3 Å². The van der Waals surface area contributed by atoms with Gasteiger partial charge in [-0.3, -0.25) is 9.69 Å². The van der Waals surface area contributed by atoms with E-state index in [9.17, 15) is 9.59 Å². The summed E-state index contributed by atoms with van der Waals surface area (Å²) in [6, 6.07) is 16.2. The van der Waals surface area contributed by atoms with Gasteiger partial charge in [0.15, 0.2) is 12.4 Å². The normalized spacial score (nSPS) is 20.2. The molecule has 5 heteroatoms. The standard InChI is InChI=1S/C22H25NO4/c1-16-12-23(13-17(2)27-16)14-18-8-10-20(11-9-18)22(25)26-15-21(24)19-6-4-3-5-7-19/h3-11,16-17H,12-15H2,1-2H3. The molecule has 27 heavy (non-hydrogen) atoms. The van der Waals surface area contributed by atoms with E-state index >= 15 is 0 Å². The van der Waals surface area contributed by atoms with Gasteiger partial charge in [-0.15, -0.1) is 0 Å². The maximum atomic E-state index is 12.2. The fraction of sp³-hybridized carbons (Fsp3) is 0.364. The van der Waals surface area contributed by atoms with Gasteiger partial charge in [0.1, 0.15) is 0 Å². The van der Waals surface area contributed by atoms with Crippen molar-refractivity contribution >= 4 is 11.8 Å². The minimum Gasteiger partial charge on any atom is -0.454 e. The smallest absolute Gasteiger partial charge is 0.338 e. The van der Waals surface area contributed by atoms with Crippen molar-refractivity contribution in [2.75, 3.05) is 19.7 Å². The first-order valence-electron chi connectivity index (χ1n) is 9.23. The monoisotopic (exact) mass is 367 g/mol. The van der Waals surface area contributed by atoms with Gasteiger partial charge in [0.25, 0.3) is 0 Å². The number of hydrogen-bond donors (Lipinski definition) is 0. The van der Waals surface area contributed by atoms with Crippen LogP contribution in [0.1, 0.15) is 40.1 Å². The van der Waals surface area contributed by atoms with E-state index in [1.54, 1.807) is 36.4 Å². The Labute approximate surface area is 159 Å². The van der Waals surface area contributed by atoms with Crippen molar-refractivity contribution in [2.24, 2.45) is 0 Å². The third kappa shape index (κ3) is 5.49. The number of carbonyl (C=O) groups excluding carboxylic acids is 2. The Morgan fingerprint density at radius 3 is 2.22 bits per heavy atom. The van der Waals surface area contributed by atoms with Gasteiger partial charge in [-0.2, -0.15) is 0 Å². The lowest BCUT2D eigenvalue weighted by Crippen LogP contribution is -2.44. The third-order valence-corrected chi connectivity index (χ3v) is 4.52. The van der Waals surface area contributed by atoms with Crippen molar-refractivity contribution in [1.29, 1.82) is 0 Å². The molecule has 2 aromatic rings. The highest BCUT2D eigenvalue weighted by atomic mass is 16.5. The van der Waals surface area contributed by atoms with Crippen molar-refractivity contribution in [1.82, 2.24) is 4.90 Å². The molecule has 0 amide bonds. The molecule has 0 aromatic heterocycles. The van der Waals surface area contributed by atoms with Crippen LogP contribution in [-0.4, -0.2) is 48.6 Å². The topological polar surface area (TPSA) is 55.8 Å². The molecule has 2 aromatic carbocycles. The zero-order chi connectivity index (χ0) is 19.2. The Morgan fingerprint density at radius 2 is 1.59 bits per heavy atom. The molecule has 1 saturated heterocycles. The number of carbonyl (C=O) groups is 2. The summed E-state index contributed by atoms with van der Waals surface area (Å²) in [7, 11) is 0. The Bertz CT molecular complexity index is 763. The second kappa shape index (κ2) is 8.93. The van der Waals surface area contributed by atoms with Gasteiger partial charge >= 0.3 is 5.97 Å². The fourth-order valence-electron chi connectivity index (χ4n) is 3.34. The zero-order valence-electron chi connectivity index (χ0n) is 15.8. The Kier molecular flexibility index (Phi) is 6.37. The molecule has 2 unspecified atom stereocenters. The summed E-state index contributed by atoms with van der Waals surface area (Å²) in [6.07, 6.45) is 0.454. The van der Waals surface area contributed by atoms with Crippen LogP contribution in [0.15, 0.2) is 54.6 Å². The lowest BCUT2D eigenvalue weighted by molar-refractivity contribution is -0.0704. The number of esters is 1. The molecule has 0 N–H and O–H groups in total. The summed E-state index contributed by atoms with van der Waals surface area (Å²) in [5.74, 6) is -0.699. The number of nitrogens with zero attached hydrogens (tertiary/aromatic N) is 1. The van der Waals surface area contributed by atoms with E-state index in [4.69, 9.17) is 9.47 Å². The van der Waals surface area contributed by atoms with Crippen LogP contribution in [0.3, 0.4) is 0 Å². The number of rotatable bonds is 6. The SMILES string of the molecule is CC1CN(Cc2ccc(C(=O)OCC(=O)c3ccccc3)cc2)CC(C)O1. The first-order chi connectivity index (χ1) is 13.0. The lowest BCUT2D eigenvalue weighted by Gasteiger charge is -2.35. The van der Waals surface area contributed by atoms with Gasteiger partial charge in [0.05, 0.1) is 17.8 Å². The van der Waals surface area contributed by atoms with Crippen molar-refractivity contribution in [2.45, 2.75) is 32.6 Å². The molecule has 1 aliphatic rings. The molecule has 0 spiro atoms. The van der Waals surface area contributed by atoms with Crippen molar-refractivity contribution in [3.63, 3.8) is 0 Å². The predicted molar refractivity (Wildman–Crippen MR) is 103 cm³/mol. The second-order valence-corrected chi connectivity index (χ2v) is 7.01. The van der Waals surface area contributed by atoms with Crippen molar-refractivity contribution in [3.8, 4) is 0 Å². The first kappa shape index (κ1) is 19.3. The van der Waals surface area contributed by atoms with Gasteiger partial charge in [0.2, 0.25) is 0 Å². The number of Topliss-reactive ketones (excluding diaryl/α,β-unsaturated/α-hetero) is 1. The Balaban J connectivity index is 1.52. The minimum absolute atomic E-state index is 0.212. The number of morpholine rings is 1. The van der Waals surface area contributed by atoms with Gasteiger partial charge in [-0.1, -0.05) is 42.5 Å². The van der Waals surface area contributed by atoms with Gasteiger partial charge in [-0.25, -0.2) is 4.79 Å². The highest BCUT2D eigenvalue weighted by Gasteiger charge is 2.22. The number of benzene rings is 2. The number of hydrogen-bond acceptors (Lipinski definition) is 5. The molecular formula is C22H25NO4. The summed E-state index contributed by atoms with van der Waals surface area (Å²) < 4.78 is 10.9. The molecule has 0 saturated carbocycles. The second-order valence-electron chi connectivity index (χ2n) is 7.01. The van der Waals surface area contributed by atoms with Crippen LogP contribution in [0.25, 0.3) is 0 Å². The largest absolute Gasteiger partial charge is 0.454 e. The van der Waals surface area contributed by atoms with Crippen LogP contribution >= 0.6 is 0 Å². The summed E-state index contributed by atoms with van der Waals surface area (Å²) in [4.78, 5) is 26.5. The van der Waals surface area contributed by atoms with Crippen molar-refractivity contribution < 1.29 is 19.1 Å². The minimum atomic E-state index is -0.487. The highest BCUT2D eigenvalue weighted by Crippen LogP contribution is 2.15. The molecule has 1 heterocycles. The molecule has 1 fully saturated rings. The quantitative estimate of drug-likeness (QED) is 0.579. The van der Waals surface area contributed by atoms with Crippen LogP contribution in [0, 0.1) is 0 Å². The molecular weight excluding hydrogens is 342 g/mol. The Morgan fingerprint density at radius 1 is 0.963 bits per heavy atom. The van der Waals surface area contributed by atoms with Crippen LogP contribution in [0.2, 0.25) is 0 Å². The average molecular weight is 367 g/mol. The third-order valence-electron chi connectivity index (χ3n) is 4.52. The van der Waals surface area contributed by atoms with E-state index in [0.29, 0.717) is 11.1 Å². The Hall–Kier alpha value is -2.50. The van der Waals surface area contributed by atoms with Crippen LogP contribution < -0.4 is 0 Å². The summed E-state index contributed by atoms with van der Waals surface area (Å²) >= 11 is 0. The van der Waals surface area contributed by atoms with Gasteiger partial charge in [-0.05, 0) is 31.5 Å². The predicted octanol–water partition coefficient (Wildman–Crippen LogP) is 3.34. The highest BCUT2D eigenvalue weighted by molar-refractivity contribution is 5.99. The molecule has 2 atom stereocenters. The van der Waals surface area contributed by atoms with Gasteiger partial charge in [0, 0.05) is 25.2 Å². The number of ketones is 1. The maximum Gasteiger partial charge on any atom is 0.338 e. The van der Waals surface area contributed by atoms with E-state index < -0.39 is 5.97 Å². The summed E-state index contributed by atoms with van der Waals surface area (Å²) in [5.41, 5.74) is 2.12. The van der Waals surface area contributed by atoms with Crippen LogP contribution in [0.5, 0.6) is 0 Å². The summed E-state index contributed by atoms with van der Waals surface area (Å²) in [6.45, 7) is 6.52. The van der Waals surface area contributed by atoms with E-state index in [1.807, 2.05) is 18.2 Å². The van der Waals surface area contributed by atoms with E-state index in [-0.39, 0.29) is 24.6 Å². The molecule has 1 aliphatic heterocycles. The van der Waals surface area contributed by atoms with Crippen LogP contribution in [0.4, 0.5) is 0 Å². The molecule has 0 bridgehead atoms.